The van der Waals surface area contributed by atoms with E-state index < -0.39 is 30.4 Å². The van der Waals surface area contributed by atoms with Gasteiger partial charge in [-0.15, -0.1) is 0 Å². The van der Waals surface area contributed by atoms with Gasteiger partial charge in [-0.25, -0.2) is 0 Å². The molecule has 0 unspecified atom stereocenters. The molecule has 0 heterocycles. The fraction of sp³-hybridized carbons (Fsp3) is 0.308. The molecule has 108 valence electrons. The molecule has 0 saturated carbocycles. The second kappa shape index (κ2) is 7.83. The summed E-state index contributed by atoms with van der Waals surface area (Å²) in [6.45, 7) is 0.774. The Balaban J connectivity index is 2.60. The van der Waals surface area contributed by atoms with E-state index in [1.165, 1.54) is 6.92 Å². The third kappa shape index (κ3) is 6.00. The average Bonchev–Trinajstić information content (AvgIpc) is 2.38. The number of esters is 1. The second-order valence-electron chi connectivity index (χ2n) is 4.13. The molecule has 1 aromatic carbocycles. The summed E-state index contributed by atoms with van der Waals surface area (Å²) >= 11 is 2.17. The number of benzene rings is 1. The van der Waals surface area contributed by atoms with Crippen molar-refractivity contribution >= 4 is 40.4 Å². The minimum absolute atomic E-state index is 0.290. The van der Waals surface area contributed by atoms with Crippen molar-refractivity contribution in [3.05, 3.63) is 33.4 Å². The molecular formula is C13H15IN2O4. The van der Waals surface area contributed by atoms with Crippen LogP contribution in [0.15, 0.2) is 24.3 Å². The molecule has 20 heavy (non-hydrogen) atoms. The van der Waals surface area contributed by atoms with Gasteiger partial charge in [-0.1, -0.05) is 12.1 Å². The van der Waals surface area contributed by atoms with Gasteiger partial charge in [-0.3, -0.25) is 14.4 Å². The Labute approximate surface area is 130 Å². The predicted molar refractivity (Wildman–Crippen MR) is 80.6 cm³/mol. The first-order valence-corrected chi connectivity index (χ1v) is 6.93. The van der Waals surface area contributed by atoms with Crippen molar-refractivity contribution in [2.45, 2.75) is 19.4 Å². The number of hydrogen-bond donors (Lipinski definition) is 2. The Morgan fingerprint density at radius 3 is 2.40 bits per heavy atom. The van der Waals surface area contributed by atoms with Gasteiger partial charge >= 0.3 is 5.97 Å². The summed E-state index contributed by atoms with van der Waals surface area (Å²) in [6.07, 6.45) is 0.290. The van der Waals surface area contributed by atoms with Gasteiger partial charge in [0.2, 0.25) is 5.91 Å². The van der Waals surface area contributed by atoms with Gasteiger partial charge in [0, 0.05) is 16.9 Å². The van der Waals surface area contributed by atoms with Gasteiger partial charge < -0.3 is 15.8 Å². The van der Waals surface area contributed by atoms with Crippen LogP contribution >= 0.6 is 22.6 Å². The summed E-state index contributed by atoms with van der Waals surface area (Å²) in [4.78, 5) is 33.4. The van der Waals surface area contributed by atoms with Gasteiger partial charge in [0.25, 0.3) is 5.91 Å². The van der Waals surface area contributed by atoms with Crippen LogP contribution in [-0.2, 0) is 25.5 Å². The first-order valence-electron chi connectivity index (χ1n) is 5.85. The minimum atomic E-state index is -0.835. The predicted octanol–water partition coefficient (Wildman–Crippen LogP) is 0.367. The normalized spacial score (nSPS) is 11.5. The molecule has 1 aromatic rings. The van der Waals surface area contributed by atoms with E-state index in [1.807, 2.05) is 24.3 Å². The van der Waals surface area contributed by atoms with Crippen LogP contribution in [0.1, 0.15) is 12.5 Å². The molecule has 0 aliphatic carbocycles. The highest BCUT2D eigenvalue weighted by Gasteiger charge is 2.19. The Kier molecular flexibility index (Phi) is 6.43. The highest BCUT2D eigenvalue weighted by Crippen LogP contribution is 2.08. The molecule has 1 rings (SSSR count). The van der Waals surface area contributed by atoms with E-state index in [1.54, 1.807) is 0 Å². The number of carbonyl (C=O) groups is 3. The number of halogens is 1. The Hall–Kier alpha value is -1.64. The van der Waals surface area contributed by atoms with Gasteiger partial charge in [-0.2, -0.15) is 0 Å². The maximum Gasteiger partial charge on any atom is 0.303 e. The lowest BCUT2D eigenvalue weighted by atomic mass is 10.1. The Bertz CT molecular complexity index is 502. The van der Waals surface area contributed by atoms with Crippen LogP contribution in [0.2, 0.25) is 0 Å². The van der Waals surface area contributed by atoms with Crippen molar-refractivity contribution in [1.29, 1.82) is 0 Å². The summed E-state index contributed by atoms with van der Waals surface area (Å²) in [5, 5.41) is 2.44. The van der Waals surface area contributed by atoms with Crippen LogP contribution in [-0.4, -0.2) is 30.4 Å². The zero-order valence-corrected chi connectivity index (χ0v) is 13.0. The van der Waals surface area contributed by atoms with Crippen LogP contribution in [0.5, 0.6) is 0 Å². The minimum Gasteiger partial charge on any atom is -0.456 e. The number of primary amides is 1. The molecule has 0 saturated heterocycles. The van der Waals surface area contributed by atoms with E-state index in [-0.39, 0.29) is 6.42 Å². The molecule has 2 amide bonds. The first kappa shape index (κ1) is 16.4. The number of ether oxygens (including phenoxy) is 1. The van der Waals surface area contributed by atoms with E-state index in [4.69, 9.17) is 5.73 Å². The van der Waals surface area contributed by atoms with Crippen LogP contribution < -0.4 is 11.1 Å². The van der Waals surface area contributed by atoms with Crippen molar-refractivity contribution in [1.82, 2.24) is 5.32 Å². The summed E-state index contributed by atoms with van der Waals surface area (Å²) in [5.41, 5.74) is 6.13. The summed E-state index contributed by atoms with van der Waals surface area (Å²) in [5.74, 6) is -1.76. The molecular weight excluding hydrogens is 375 g/mol. The molecule has 3 N–H and O–H groups in total. The lowest BCUT2D eigenvalue weighted by Gasteiger charge is -2.15. The quantitative estimate of drug-likeness (QED) is 0.542. The molecule has 0 aromatic heterocycles. The van der Waals surface area contributed by atoms with E-state index in [9.17, 15) is 14.4 Å². The smallest absolute Gasteiger partial charge is 0.303 e. The molecule has 0 bridgehead atoms. The molecule has 0 aliphatic rings. The number of hydrogen-bond acceptors (Lipinski definition) is 4. The highest BCUT2D eigenvalue weighted by molar-refractivity contribution is 14.1. The topological polar surface area (TPSA) is 98.5 Å². The standard InChI is InChI=1S/C13H15IN2O4/c1-8(17)20-7-12(18)16-11(13(15)19)6-9-2-4-10(14)5-3-9/h2-5,11H,6-7H2,1H3,(H2,15,19)(H,16,18)/t11-/m0/s1. The Morgan fingerprint density at radius 2 is 1.90 bits per heavy atom. The van der Waals surface area contributed by atoms with Crippen molar-refractivity contribution < 1.29 is 19.1 Å². The van der Waals surface area contributed by atoms with Crippen molar-refractivity contribution in [2.24, 2.45) is 5.73 Å². The summed E-state index contributed by atoms with van der Waals surface area (Å²) in [6, 6.07) is 6.67. The van der Waals surface area contributed by atoms with E-state index in [0.717, 1.165) is 9.13 Å². The van der Waals surface area contributed by atoms with Crippen molar-refractivity contribution in [3.8, 4) is 0 Å². The lowest BCUT2D eigenvalue weighted by Crippen LogP contribution is -2.47. The van der Waals surface area contributed by atoms with Crippen LogP contribution in [0.25, 0.3) is 0 Å². The monoisotopic (exact) mass is 390 g/mol. The number of nitrogens with two attached hydrogens (primary N) is 1. The van der Waals surface area contributed by atoms with Gasteiger partial charge in [0.05, 0.1) is 0 Å². The zero-order valence-electron chi connectivity index (χ0n) is 10.9. The van der Waals surface area contributed by atoms with Crippen molar-refractivity contribution in [2.75, 3.05) is 6.61 Å². The van der Waals surface area contributed by atoms with Crippen LogP contribution in [0.3, 0.4) is 0 Å². The van der Waals surface area contributed by atoms with E-state index in [0.29, 0.717) is 0 Å². The van der Waals surface area contributed by atoms with Crippen molar-refractivity contribution in [3.63, 3.8) is 0 Å². The fourth-order valence-electron chi connectivity index (χ4n) is 1.48. The van der Waals surface area contributed by atoms with E-state index in [2.05, 4.69) is 32.6 Å². The Morgan fingerprint density at radius 1 is 1.30 bits per heavy atom. The second-order valence-corrected chi connectivity index (χ2v) is 5.38. The maximum atomic E-state index is 11.5. The number of rotatable bonds is 6. The first-order chi connectivity index (χ1) is 9.38. The highest BCUT2D eigenvalue weighted by atomic mass is 127. The largest absolute Gasteiger partial charge is 0.456 e. The molecule has 0 radical (unpaired) electrons. The summed E-state index contributed by atoms with van der Waals surface area (Å²) in [7, 11) is 0. The SMILES string of the molecule is CC(=O)OCC(=O)N[C@@H](Cc1ccc(I)cc1)C(N)=O. The molecule has 0 spiro atoms. The van der Waals surface area contributed by atoms with Gasteiger partial charge in [-0.05, 0) is 40.3 Å². The third-order valence-corrected chi connectivity index (χ3v) is 3.16. The van der Waals surface area contributed by atoms with Crippen LogP contribution in [0.4, 0.5) is 0 Å². The molecule has 0 fully saturated rings. The zero-order chi connectivity index (χ0) is 15.1. The van der Waals surface area contributed by atoms with Gasteiger partial charge in [0.15, 0.2) is 6.61 Å². The number of nitrogens with one attached hydrogen (secondary N) is 1. The van der Waals surface area contributed by atoms with Crippen LogP contribution in [0, 0.1) is 3.57 Å². The molecule has 0 aliphatic heterocycles. The summed E-state index contributed by atoms with van der Waals surface area (Å²) < 4.78 is 5.62. The maximum absolute atomic E-state index is 11.5. The average molecular weight is 390 g/mol. The number of amides is 2. The van der Waals surface area contributed by atoms with Gasteiger partial charge in [0.1, 0.15) is 6.04 Å². The molecule has 1 atom stereocenters. The molecule has 6 nitrogen and oxygen atoms in total. The van der Waals surface area contributed by atoms with E-state index >= 15 is 0 Å². The lowest BCUT2D eigenvalue weighted by molar-refractivity contribution is -0.146. The third-order valence-electron chi connectivity index (χ3n) is 2.44. The fourth-order valence-corrected chi connectivity index (χ4v) is 1.84. The molecule has 7 heteroatoms. The number of carbonyl (C=O) groups excluding carboxylic acids is 3.